The number of rotatable bonds is 6. The average Bonchev–Trinajstić information content (AvgIpc) is 2.52. The van der Waals surface area contributed by atoms with Crippen LogP contribution < -0.4 is 15.4 Å². The van der Waals surface area contributed by atoms with Crippen molar-refractivity contribution in [2.24, 2.45) is 0 Å². The third-order valence-corrected chi connectivity index (χ3v) is 3.47. The first-order valence-electron chi connectivity index (χ1n) is 7.25. The fraction of sp³-hybridized carbons (Fsp3) is 0.235. The van der Waals surface area contributed by atoms with Crippen LogP contribution in [-0.4, -0.2) is 18.6 Å². The van der Waals surface area contributed by atoms with Gasteiger partial charge in [-0.25, -0.2) is 4.39 Å². The molecule has 0 heterocycles. The largest absolute Gasteiger partial charge is 0.491 e. The molecule has 0 unspecified atom stereocenters. The highest BCUT2D eigenvalue weighted by Gasteiger charge is 2.15. The SMILES string of the molecule is CCOc1ccc(N[C@H](C)C(=O)Nc2ccccc2Cl)cc1F. The summed E-state index contributed by atoms with van der Waals surface area (Å²) in [5, 5.41) is 6.12. The number of hydrogen-bond donors (Lipinski definition) is 2. The van der Waals surface area contributed by atoms with Crippen LogP contribution in [0.4, 0.5) is 15.8 Å². The Morgan fingerprint density at radius 1 is 1.30 bits per heavy atom. The molecule has 2 aromatic rings. The molecule has 0 fully saturated rings. The van der Waals surface area contributed by atoms with Gasteiger partial charge in [0.1, 0.15) is 6.04 Å². The number of carbonyl (C=O) groups is 1. The number of nitrogens with one attached hydrogen (secondary N) is 2. The Balaban J connectivity index is 2.01. The van der Waals surface area contributed by atoms with Crippen LogP contribution in [0.5, 0.6) is 5.75 Å². The van der Waals surface area contributed by atoms with Crippen LogP contribution in [0.15, 0.2) is 42.5 Å². The molecule has 0 spiro atoms. The summed E-state index contributed by atoms with van der Waals surface area (Å²) in [4.78, 5) is 12.2. The van der Waals surface area contributed by atoms with Crippen molar-refractivity contribution in [1.29, 1.82) is 0 Å². The molecule has 122 valence electrons. The highest BCUT2D eigenvalue weighted by Crippen LogP contribution is 2.23. The van der Waals surface area contributed by atoms with E-state index in [9.17, 15) is 9.18 Å². The van der Waals surface area contributed by atoms with Crippen molar-refractivity contribution in [3.8, 4) is 5.75 Å². The Morgan fingerprint density at radius 2 is 2.04 bits per heavy atom. The van der Waals surface area contributed by atoms with Gasteiger partial charge in [-0.2, -0.15) is 0 Å². The first kappa shape index (κ1) is 17.1. The number of hydrogen-bond acceptors (Lipinski definition) is 3. The molecule has 0 saturated carbocycles. The second-order valence-electron chi connectivity index (χ2n) is 4.91. The lowest BCUT2D eigenvalue weighted by Gasteiger charge is -2.16. The van der Waals surface area contributed by atoms with Gasteiger partial charge in [-0.05, 0) is 38.1 Å². The fourth-order valence-corrected chi connectivity index (χ4v) is 2.17. The minimum Gasteiger partial charge on any atom is -0.491 e. The molecule has 0 radical (unpaired) electrons. The summed E-state index contributed by atoms with van der Waals surface area (Å²) in [6.07, 6.45) is 0. The van der Waals surface area contributed by atoms with Crippen LogP contribution in [0.25, 0.3) is 0 Å². The van der Waals surface area contributed by atoms with Gasteiger partial charge in [0, 0.05) is 11.8 Å². The van der Waals surface area contributed by atoms with Crippen LogP contribution in [0.3, 0.4) is 0 Å². The first-order chi connectivity index (χ1) is 11.0. The second kappa shape index (κ2) is 7.83. The molecule has 0 aliphatic rings. The maximum Gasteiger partial charge on any atom is 0.246 e. The van der Waals surface area contributed by atoms with Gasteiger partial charge >= 0.3 is 0 Å². The lowest BCUT2D eigenvalue weighted by molar-refractivity contribution is -0.116. The molecule has 1 atom stereocenters. The molecule has 23 heavy (non-hydrogen) atoms. The first-order valence-corrected chi connectivity index (χ1v) is 7.63. The molecular formula is C17H18ClFN2O2. The van der Waals surface area contributed by atoms with Crippen LogP contribution >= 0.6 is 11.6 Å². The van der Waals surface area contributed by atoms with Crippen molar-refractivity contribution in [3.63, 3.8) is 0 Å². The van der Waals surface area contributed by atoms with Crippen molar-refractivity contribution in [1.82, 2.24) is 0 Å². The molecule has 2 aromatic carbocycles. The molecule has 4 nitrogen and oxygen atoms in total. The summed E-state index contributed by atoms with van der Waals surface area (Å²) >= 11 is 6.00. The Labute approximate surface area is 139 Å². The van der Waals surface area contributed by atoms with Crippen molar-refractivity contribution in [2.75, 3.05) is 17.2 Å². The van der Waals surface area contributed by atoms with Crippen LogP contribution in [0.1, 0.15) is 13.8 Å². The Morgan fingerprint density at radius 3 is 2.70 bits per heavy atom. The van der Waals surface area contributed by atoms with Crippen molar-refractivity contribution in [3.05, 3.63) is 53.3 Å². The quantitative estimate of drug-likeness (QED) is 0.826. The lowest BCUT2D eigenvalue weighted by Crippen LogP contribution is -2.32. The molecule has 0 aliphatic carbocycles. The van der Waals surface area contributed by atoms with Crippen LogP contribution in [-0.2, 0) is 4.79 Å². The third-order valence-electron chi connectivity index (χ3n) is 3.14. The van der Waals surface area contributed by atoms with Gasteiger partial charge in [-0.15, -0.1) is 0 Å². The van der Waals surface area contributed by atoms with Crippen molar-refractivity contribution in [2.45, 2.75) is 19.9 Å². The Kier molecular flexibility index (Phi) is 5.82. The minimum absolute atomic E-state index is 0.186. The normalized spacial score (nSPS) is 11.7. The van der Waals surface area contributed by atoms with E-state index < -0.39 is 11.9 Å². The summed E-state index contributed by atoms with van der Waals surface area (Å²) in [7, 11) is 0. The highest BCUT2D eigenvalue weighted by molar-refractivity contribution is 6.33. The molecule has 1 amide bonds. The minimum atomic E-state index is -0.566. The molecule has 6 heteroatoms. The van der Waals surface area contributed by atoms with E-state index in [4.69, 9.17) is 16.3 Å². The number of halogens is 2. The van der Waals surface area contributed by atoms with E-state index >= 15 is 0 Å². The van der Waals surface area contributed by atoms with Crippen LogP contribution in [0.2, 0.25) is 5.02 Å². The summed E-state index contributed by atoms with van der Waals surface area (Å²) in [5.74, 6) is -0.561. The number of carbonyl (C=O) groups excluding carboxylic acids is 1. The predicted octanol–water partition coefficient (Wildman–Crippen LogP) is 4.32. The molecule has 0 aliphatic heterocycles. The lowest BCUT2D eigenvalue weighted by atomic mass is 10.2. The molecule has 0 aromatic heterocycles. The zero-order valence-electron chi connectivity index (χ0n) is 12.9. The molecular weight excluding hydrogens is 319 g/mol. The number of amides is 1. The number of para-hydroxylation sites is 1. The summed E-state index contributed by atoms with van der Waals surface area (Å²) in [6, 6.07) is 10.9. The van der Waals surface area contributed by atoms with Gasteiger partial charge in [0.05, 0.1) is 17.3 Å². The van der Waals surface area contributed by atoms with Crippen molar-refractivity contribution < 1.29 is 13.9 Å². The Bertz CT molecular complexity index is 694. The van der Waals surface area contributed by atoms with E-state index in [1.807, 2.05) is 0 Å². The summed E-state index contributed by atoms with van der Waals surface area (Å²) in [6.45, 7) is 3.85. The zero-order valence-corrected chi connectivity index (χ0v) is 13.7. The number of ether oxygens (including phenoxy) is 1. The monoisotopic (exact) mass is 336 g/mol. The van der Waals surface area contributed by atoms with Gasteiger partial charge in [0.25, 0.3) is 0 Å². The molecule has 2 rings (SSSR count). The van der Waals surface area contributed by atoms with E-state index in [2.05, 4.69) is 10.6 Å². The van der Waals surface area contributed by atoms with E-state index in [0.717, 1.165) is 0 Å². The van der Waals surface area contributed by atoms with Crippen molar-refractivity contribution >= 4 is 28.9 Å². The van der Waals surface area contributed by atoms with Crippen LogP contribution in [0, 0.1) is 5.82 Å². The third kappa shape index (κ3) is 4.60. The second-order valence-corrected chi connectivity index (χ2v) is 5.32. The Hall–Kier alpha value is -2.27. The van der Waals surface area contributed by atoms with E-state index in [0.29, 0.717) is 23.0 Å². The smallest absolute Gasteiger partial charge is 0.246 e. The average molecular weight is 337 g/mol. The van der Waals surface area contributed by atoms with E-state index in [-0.39, 0.29) is 11.7 Å². The fourth-order valence-electron chi connectivity index (χ4n) is 1.98. The zero-order chi connectivity index (χ0) is 16.8. The maximum absolute atomic E-state index is 13.8. The van der Waals surface area contributed by atoms with Gasteiger partial charge < -0.3 is 15.4 Å². The van der Waals surface area contributed by atoms with E-state index in [1.54, 1.807) is 44.2 Å². The number of anilines is 2. The summed E-state index contributed by atoms with van der Waals surface area (Å²) < 4.78 is 18.9. The van der Waals surface area contributed by atoms with Gasteiger partial charge in [0.15, 0.2) is 11.6 Å². The summed E-state index contributed by atoms with van der Waals surface area (Å²) in [5.41, 5.74) is 1.03. The highest BCUT2D eigenvalue weighted by atomic mass is 35.5. The molecule has 2 N–H and O–H groups in total. The standard InChI is InChI=1S/C17H18ClFN2O2/c1-3-23-16-9-8-12(10-14(16)19)20-11(2)17(22)21-15-7-5-4-6-13(15)18/h4-11,20H,3H2,1-2H3,(H,21,22)/t11-/m1/s1. The maximum atomic E-state index is 13.8. The van der Waals surface area contributed by atoms with Gasteiger partial charge in [-0.3, -0.25) is 4.79 Å². The number of benzene rings is 2. The topological polar surface area (TPSA) is 50.4 Å². The van der Waals surface area contributed by atoms with E-state index in [1.165, 1.54) is 12.1 Å². The predicted molar refractivity (Wildman–Crippen MR) is 90.7 cm³/mol. The van der Waals surface area contributed by atoms with Gasteiger partial charge in [-0.1, -0.05) is 23.7 Å². The molecule has 0 saturated heterocycles. The molecule has 0 bridgehead atoms. The van der Waals surface area contributed by atoms with Gasteiger partial charge in [0.2, 0.25) is 5.91 Å².